The zero-order valence-electron chi connectivity index (χ0n) is 8.41. The second kappa shape index (κ2) is 5.07. The molecule has 1 atom stereocenters. The van der Waals surface area contributed by atoms with Crippen molar-refractivity contribution in [2.45, 2.75) is 26.4 Å². The Kier molecular flexibility index (Phi) is 4.03. The number of hydrogen-bond donors (Lipinski definition) is 2. The van der Waals surface area contributed by atoms with Gasteiger partial charge >= 0.3 is 0 Å². The smallest absolute Gasteiger partial charge is 0.120 e. The molecule has 1 aromatic heterocycles. The predicted molar refractivity (Wildman–Crippen MR) is 57.9 cm³/mol. The molecule has 1 aromatic rings. The van der Waals surface area contributed by atoms with Gasteiger partial charge in [0.15, 0.2) is 0 Å². The van der Waals surface area contributed by atoms with Gasteiger partial charge in [-0.1, -0.05) is 0 Å². The maximum absolute atomic E-state index is 7.14. The molecule has 1 rings (SSSR count). The third kappa shape index (κ3) is 3.08. The molecule has 0 saturated carbocycles. The summed E-state index contributed by atoms with van der Waals surface area (Å²) in [6.45, 7) is 4.35. The molecule has 0 aliphatic heterocycles. The summed E-state index contributed by atoms with van der Waals surface area (Å²) in [4.78, 5) is 5.38. The molecule has 5 heteroatoms. The first kappa shape index (κ1) is 11.1. The van der Waals surface area contributed by atoms with E-state index in [-0.39, 0.29) is 11.9 Å². The minimum Gasteiger partial charge on any atom is -0.385 e. The molecule has 1 heterocycles. The van der Waals surface area contributed by atoms with Gasteiger partial charge in [0.05, 0.1) is 17.8 Å². The lowest BCUT2D eigenvalue weighted by atomic mass is 10.3. The molecule has 0 saturated heterocycles. The zero-order chi connectivity index (χ0) is 10.6. The van der Waals surface area contributed by atoms with Crippen LogP contribution in [0.3, 0.4) is 0 Å². The standard InChI is InChI=1S/C9H15N3OS/c1-6-8(14-5-12-6)3-4-13-7(2)9(10)11/h5,7H,3-4H2,1-2H3,(H3,10,11). The SMILES string of the molecule is Cc1ncsc1CCOC(C)C(=N)N. The fraction of sp³-hybridized carbons (Fsp3) is 0.556. The highest BCUT2D eigenvalue weighted by Crippen LogP contribution is 2.12. The molecule has 0 aliphatic rings. The van der Waals surface area contributed by atoms with Crippen molar-refractivity contribution in [2.75, 3.05) is 6.61 Å². The van der Waals surface area contributed by atoms with Crippen LogP contribution in [-0.2, 0) is 11.2 Å². The molecule has 1 unspecified atom stereocenters. The highest BCUT2D eigenvalue weighted by atomic mass is 32.1. The fourth-order valence-electron chi connectivity index (χ4n) is 0.984. The number of nitrogens with two attached hydrogens (primary N) is 1. The Morgan fingerprint density at radius 1 is 1.79 bits per heavy atom. The van der Waals surface area contributed by atoms with E-state index in [1.807, 2.05) is 12.4 Å². The van der Waals surface area contributed by atoms with Crippen LogP contribution in [0.4, 0.5) is 0 Å². The quantitative estimate of drug-likeness (QED) is 0.572. The number of aromatic nitrogens is 1. The van der Waals surface area contributed by atoms with Gasteiger partial charge in [-0.3, -0.25) is 5.41 Å². The van der Waals surface area contributed by atoms with E-state index in [1.54, 1.807) is 18.3 Å². The molecule has 4 nitrogen and oxygen atoms in total. The van der Waals surface area contributed by atoms with Crippen molar-refractivity contribution in [3.8, 4) is 0 Å². The van der Waals surface area contributed by atoms with Crippen LogP contribution in [0.25, 0.3) is 0 Å². The van der Waals surface area contributed by atoms with Crippen LogP contribution >= 0.6 is 11.3 Å². The van der Waals surface area contributed by atoms with Crippen LogP contribution in [0.5, 0.6) is 0 Å². The number of nitrogens with zero attached hydrogens (tertiary/aromatic N) is 1. The van der Waals surface area contributed by atoms with E-state index in [9.17, 15) is 0 Å². The monoisotopic (exact) mass is 213 g/mol. The van der Waals surface area contributed by atoms with E-state index >= 15 is 0 Å². The Labute approximate surface area is 87.6 Å². The van der Waals surface area contributed by atoms with E-state index in [0.29, 0.717) is 6.61 Å². The van der Waals surface area contributed by atoms with Gasteiger partial charge in [0.25, 0.3) is 0 Å². The summed E-state index contributed by atoms with van der Waals surface area (Å²) in [6.07, 6.45) is 0.553. The van der Waals surface area contributed by atoms with Crippen LogP contribution in [0.1, 0.15) is 17.5 Å². The van der Waals surface area contributed by atoms with Crippen molar-refractivity contribution in [3.05, 3.63) is 16.1 Å². The fourth-order valence-corrected chi connectivity index (χ4v) is 1.75. The largest absolute Gasteiger partial charge is 0.385 e. The molecule has 0 radical (unpaired) electrons. The molecule has 0 amide bonds. The van der Waals surface area contributed by atoms with Crippen molar-refractivity contribution in [1.82, 2.24) is 4.98 Å². The Morgan fingerprint density at radius 3 is 3.00 bits per heavy atom. The van der Waals surface area contributed by atoms with Gasteiger partial charge in [-0.05, 0) is 13.8 Å². The molecule has 0 spiro atoms. The molecule has 14 heavy (non-hydrogen) atoms. The molecular formula is C9H15N3OS. The van der Waals surface area contributed by atoms with Crippen LogP contribution in [0.15, 0.2) is 5.51 Å². The van der Waals surface area contributed by atoms with Crippen molar-refractivity contribution in [1.29, 1.82) is 5.41 Å². The minimum absolute atomic E-state index is 0.0750. The van der Waals surface area contributed by atoms with Gasteiger partial charge in [-0.15, -0.1) is 11.3 Å². The maximum Gasteiger partial charge on any atom is 0.120 e. The molecular weight excluding hydrogens is 198 g/mol. The topological polar surface area (TPSA) is 72.0 Å². The first-order valence-electron chi connectivity index (χ1n) is 4.45. The van der Waals surface area contributed by atoms with Crippen LogP contribution in [-0.4, -0.2) is 23.5 Å². The number of rotatable bonds is 5. The van der Waals surface area contributed by atoms with E-state index in [1.165, 1.54) is 4.88 Å². The van der Waals surface area contributed by atoms with Gasteiger partial charge in [-0.25, -0.2) is 4.98 Å². The number of thiazole rings is 1. The second-order valence-electron chi connectivity index (χ2n) is 3.08. The van der Waals surface area contributed by atoms with Crippen LogP contribution in [0, 0.1) is 12.3 Å². The number of aryl methyl sites for hydroxylation is 1. The Balaban J connectivity index is 2.29. The van der Waals surface area contributed by atoms with E-state index < -0.39 is 0 Å². The normalized spacial score (nSPS) is 12.7. The molecule has 0 fully saturated rings. The third-order valence-corrected chi connectivity index (χ3v) is 2.97. The van der Waals surface area contributed by atoms with Gasteiger partial charge < -0.3 is 10.5 Å². The molecule has 0 aromatic carbocycles. The Hall–Kier alpha value is -0.940. The number of nitrogens with one attached hydrogen (secondary N) is 1. The van der Waals surface area contributed by atoms with Gasteiger partial charge in [0.2, 0.25) is 0 Å². The second-order valence-corrected chi connectivity index (χ2v) is 4.02. The van der Waals surface area contributed by atoms with E-state index in [2.05, 4.69) is 4.98 Å². The summed E-state index contributed by atoms with van der Waals surface area (Å²) >= 11 is 1.63. The first-order chi connectivity index (χ1) is 6.61. The van der Waals surface area contributed by atoms with E-state index in [4.69, 9.17) is 15.9 Å². The average Bonchev–Trinajstić information content (AvgIpc) is 2.51. The minimum atomic E-state index is -0.289. The summed E-state index contributed by atoms with van der Waals surface area (Å²) in [5, 5.41) is 7.14. The lowest BCUT2D eigenvalue weighted by Crippen LogP contribution is -2.28. The van der Waals surface area contributed by atoms with E-state index in [0.717, 1.165) is 12.1 Å². The van der Waals surface area contributed by atoms with Gasteiger partial charge in [0, 0.05) is 11.3 Å². The Bertz CT molecular complexity index is 311. The molecule has 78 valence electrons. The third-order valence-electron chi connectivity index (χ3n) is 1.98. The average molecular weight is 213 g/mol. The molecule has 3 N–H and O–H groups in total. The predicted octanol–water partition coefficient (Wildman–Crippen LogP) is 1.34. The zero-order valence-corrected chi connectivity index (χ0v) is 9.23. The van der Waals surface area contributed by atoms with Crippen molar-refractivity contribution in [3.63, 3.8) is 0 Å². The Morgan fingerprint density at radius 2 is 2.50 bits per heavy atom. The number of amidine groups is 1. The first-order valence-corrected chi connectivity index (χ1v) is 5.33. The number of ether oxygens (including phenoxy) is 1. The number of hydrogen-bond acceptors (Lipinski definition) is 4. The highest BCUT2D eigenvalue weighted by Gasteiger charge is 2.06. The summed E-state index contributed by atoms with van der Waals surface area (Å²) in [5.74, 6) is 0.0750. The summed E-state index contributed by atoms with van der Waals surface area (Å²) in [7, 11) is 0. The molecule has 0 aliphatic carbocycles. The summed E-state index contributed by atoms with van der Waals surface area (Å²) in [5.41, 5.74) is 8.17. The lowest BCUT2D eigenvalue weighted by molar-refractivity contribution is 0.111. The highest BCUT2D eigenvalue weighted by molar-refractivity contribution is 7.09. The summed E-state index contributed by atoms with van der Waals surface area (Å²) < 4.78 is 5.36. The molecule has 0 bridgehead atoms. The maximum atomic E-state index is 7.14. The lowest BCUT2D eigenvalue weighted by Gasteiger charge is -2.10. The van der Waals surface area contributed by atoms with Crippen LogP contribution in [0.2, 0.25) is 0 Å². The van der Waals surface area contributed by atoms with Crippen molar-refractivity contribution in [2.24, 2.45) is 5.73 Å². The summed E-state index contributed by atoms with van der Waals surface area (Å²) in [6, 6.07) is 0. The van der Waals surface area contributed by atoms with Gasteiger partial charge in [0.1, 0.15) is 11.9 Å². The van der Waals surface area contributed by atoms with Crippen LogP contribution < -0.4 is 5.73 Å². The van der Waals surface area contributed by atoms with Crippen molar-refractivity contribution >= 4 is 17.2 Å². The van der Waals surface area contributed by atoms with Crippen molar-refractivity contribution < 1.29 is 4.74 Å². The van der Waals surface area contributed by atoms with Gasteiger partial charge in [-0.2, -0.15) is 0 Å².